The van der Waals surface area contributed by atoms with E-state index in [2.05, 4.69) is 4.74 Å². The Bertz CT molecular complexity index is 197. The molecule has 0 aromatic heterocycles. The number of carboxylic acid groups (broad SMARTS) is 1. The molecule has 1 aliphatic heterocycles. The van der Waals surface area contributed by atoms with Crippen molar-refractivity contribution in [1.29, 1.82) is 0 Å². The van der Waals surface area contributed by atoms with Crippen LogP contribution in [0, 0.1) is 0 Å². The van der Waals surface area contributed by atoms with Crippen molar-refractivity contribution in [2.24, 2.45) is 0 Å². The normalized spacial score (nSPS) is 31.2. The molecule has 0 aromatic rings. The van der Waals surface area contributed by atoms with E-state index in [4.69, 9.17) is 15.3 Å². The van der Waals surface area contributed by atoms with Gasteiger partial charge in [0.05, 0.1) is 6.61 Å². The minimum absolute atomic E-state index is 0.181. The van der Waals surface area contributed by atoms with Crippen molar-refractivity contribution >= 4 is 5.97 Å². The Labute approximate surface area is 62.5 Å². The number of carboxylic acids is 1. The fourth-order valence-electron chi connectivity index (χ4n) is 0.737. The number of rotatable bonds is 1. The van der Waals surface area contributed by atoms with Gasteiger partial charge in [0, 0.05) is 0 Å². The number of ether oxygens (including phenoxy) is 1. The Morgan fingerprint density at radius 2 is 2.36 bits per heavy atom. The first kappa shape index (κ1) is 8.03. The first-order valence-corrected chi connectivity index (χ1v) is 3.04. The predicted octanol–water partition coefficient (Wildman–Crippen LogP) is -0.727. The van der Waals surface area contributed by atoms with Crippen LogP contribution in [0.1, 0.15) is 0 Å². The first-order chi connectivity index (χ1) is 5.11. The van der Waals surface area contributed by atoms with E-state index in [9.17, 15) is 4.79 Å². The number of aliphatic hydroxyl groups excluding tert-OH is 2. The summed E-state index contributed by atoms with van der Waals surface area (Å²) in [4.78, 5) is 10.2. The zero-order chi connectivity index (χ0) is 8.43. The molecule has 2 atom stereocenters. The molecule has 11 heavy (non-hydrogen) atoms. The third kappa shape index (κ3) is 1.69. The molecule has 0 saturated heterocycles. The van der Waals surface area contributed by atoms with E-state index < -0.39 is 18.2 Å². The number of carbonyl (C=O) groups is 1. The number of hydrogen-bond donors (Lipinski definition) is 3. The van der Waals surface area contributed by atoms with E-state index in [-0.39, 0.29) is 12.4 Å². The maximum absolute atomic E-state index is 10.2. The Morgan fingerprint density at radius 1 is 1.73 bits per heavy atom. The van der Waals surface area contributed by atoms with Gasteiger partial charge in [-0.15, -0.1) is 0 Å². The van der Waals surface area contributed by atoms with Gasteiger partial charge in [-0.05, 0) is 6.08 Å². The zero-order valence-corrected chi connectivity index (χ0v) is 5.60. The molecule has 5 nitrogen and oxygen atoms in total. The van der Waals surface area contributed by atoms with Gasteiger partial charge in [0.25, 0.3) is 0 Å². The zero-order valence-electron chi connectivity index (χ0n) is 5.60. The molecule has 0 spiro atoms. The fraction of sp³-hybridized carbons (Fsp3) is 0.500. The molecule has 3 N–H and O–H groups in total. The molecule has 0 radical (unpaired) electrons. The summed E-state index contributed by atoms with van der Waals surface area (Å²) in [5.41, 5.74) is 0. The van der Waals surface area contributed by atoms with Crippen LogP contribution >= 0.6 is 0 Å². The first-order valence-electron chi connectivity index (χ1n) is 3.04. The molecule has 1 heterocycles. The average molecular weight is 160 g/mol. The molecule has 1 aliphatic rings. The monoisotopic (exact) mass is 160 g/mol. The third-order valence-electron chi connectivity index (χ3n) is 1.34. The molecule has 0 amide bonds. The van der Waals surface area contributed by atoms with E-state index in [1.165, 1.54) is 0 Å². The Morgan fingerprint density at radius 3 is 2.82 bits per heavy atom. The van der Waals surface area contributed by atoms with Crippen molar-refractivity contribution in [3.63, 3.8) is 0 Å². The highest BCUT2D eigenvalue weighted by Crippen LogP contribution is 2.10. The molecule has 0 aliphatic carbocycles. The van der Waals surface area contributed by atoms with Crippen LogP contribution in [0.5, 0.6) is 0 Å². The van der Waals surface area contributed by atoms with Gasteiger partial charge in [0.1, 0.15) is 11.9 Å². The summed E-state index contributed by atoms with van der Waals surface area (Å²) < 4.78 is 4.64. The fourth-order valence-corrected chi connectivity index (χ4v) is 0.737. The minimum Gasteiger partial charge on any atom is -0.510 e. The second-order valence-corrected chi connectivity index (χ2v) is 2.20. The van der Waals surface area contributed by atoms with Crippen LogP contribution in [0.2, 0.25) is 0 Å². The van der Waals surface area contributed by atoms with E-state index in [1.54, 1.807) is 0 Å². The molecular weight excluding hydrogens is 152 g/mol. The van der Waals surface area contributed by atoms with Crippen molar-refractivity contribution < 1.29 is 24.9 Å². The molecule has 62 valence electrons. The largest absolute Gasteiger partial charge is 0.510 e. The lowest BCUT2D eigenvalue weighted by Crippen LogP contribution is -2.33. The van der Waals surface area contributed by atoms with Crippen molar-refractivity contribution in [1.82, 2.24) is 0 Å². The van der Waals surface area contributed by atoms with Crippen molar-refractivity contribution in [3.8, 4) is 0 Å². The Kier molecular flexibility index (Phi) is 2.11. The van der Waals surface area contributed by atoms with Crippen molar-refractivity contribution in [3.05, 3.63) is 11.8 Å². The van der Waals surface area contributed by atoms with Crippen LogP contribution in [0.25, 0.3) is 0 Å². The van der Waals surface area contributed by atoms with E-state index in [0.717, 1.165) is 6.08 Å². The quantitative estimate of drug-likeness (QED) is 0.471. The van der Waals surface area contributed by atoms with Crippen molar-refractivity contribution in [2.75, 3.05) is 6.61 Å². The molecule has 0 saturated carbocycles. The van der Waals surface area contributed by atoms with Gasteiger partial charge in [-0.1, -0.05) is 0 Å². The van der Waals surface area contributed by atoms with Gasteiger partial charge in [0.15, 0.2) is 6.10 Å². The lowest BCUT2D eigenvalue weighted by Gasteiger charge is -2.19. The molecular formula is C6H8O5. The second-order valence-electron chi connectivity index (χ2n) is 2.20. The van der Waals surface area contributed by atoms with Crippen LogP contribution in [-0.4, -0.2) is 40.1 Å². The van der Waals surface area contributed by atoms with Gasteiger partial charge in [-0.3, -0.25) is 0 Å². The summed E-state index contributed by atoms with van der Waals surface area (Å²) in [7, 11) is 0. The van der Waals surface area contributed by atoms with Crippen LogP contribution < -0.4 is 0 Å². The summed E-state index contributed by atoms with van der Waals surface area (Å²) in [6.45, 7) is -0.181. The molecule has 0 unspecified atom stereocenters. The summed E-state index contributed by atoms with van der Waals surface area (Å²) >= 11 is 0. The Hall–Kier alpha value is -1.07. The van der Waals surface area contributed by atoms with Crippen LogP contribution in [0.4, 0.5) is 0 Å². The highest BCUT2D eigenvalue weighted by atomic mass is 16.5. The molecule has 0 bridgehead atoms. The van der Waals surface area contributed by atoms with Gasteiger partial charge in [-0.25, -0.2) is 4.79 Å². The van der Waals surface area contributed by atoms with E-state index >= 15 is 0 Å². The summed E-state index contributed by atoms with van der Waals surface area (Å²) in [6.07, 6.45) is -1.26. The Balaban J connectivity index is 2.69. The molecule has 0 fully saturated rings. The van der Waals surface area contributed by atoms with Crippen LogP contribution in [0.15, 0.2) is 11.8 Å². The highest BCUT2D eigenvalue weighted by molar-refractivity contribution is 5.74. The molecule has 1 rings (SSSR count). The number of aliphatic carboxylic acids is 1. The maximum atomic E-state index is 10.2. The second kappa shape index (κ2) is 2.89. The lowest BCUT2D eigenvalue weighted by molar-refractivity contribution is -0.150. The van der Waals surface area contributed by atoms with E-state index in [1.807, 2.05) is 0 Å². The average Bonchev–Trinajstić information content (AvgIpc) is 1.94. The van der Waals surface area contributed by atoms with Gasteiger partial charge in [-0.2, -0.15) is 0 Å². The third-order valence-corrected chi connectivity index (χ3v) is 1.34. The lowest BCUT2D eigenvalue weighted by atomic mass is 10.2. The summed E-state index contributed by atoms with van der Waals surface area (Å²) in [5.74, 6) is -1.52. The summed E-state index contributed by atoms with van der Waals surface area (Å²) in [6, 6.07) is 0. The number of hydrogen-bond acceptors (Lipinski definition) is 4. The highest BCUT2D eigenvalue weighted by Gasteiger charge is 2.25. The minimum atomic E-state index is -1.18. The molecule has 0 aromatic carbocycles. The topological polar surface area (TPSA) is 87.0 Å². The SMILES string of the molecule is O=C(O)[C@@H]1C=C(O)[C@H](O)CO1. The smallest absolute Gasteiger partial charge is 0.337 e. The standard InChI is InChI=1S/C6H8O5/c7-3-1-5(6(9)10)11-2-4(3)8/h1,4-5,7-8H,2H2,(H,9,10)/t4-,5+/m1/s1. The van der Waals surface area contributed by atoms with Gasteiger partial charge < -0.3 is 20.1 Å². The number of aliphatic hydroxyl groups is 2. The van der Waals surface area contributed by atoms with Gasteiger partial charge in [0.2, 0.25) is 0 Å². The van der Waals surface area contributed by atoms with Crippen molar-refractivity contribution in [2.45, 2.75) is 12.2 Å². The van der Waals surface area contributed by atoms with E-state index in [0.29, 0.717) is 0 Å². The molecule has 5 heteroatoms. The van der Waals surface area contributed by atoms with Crippen LogP contribution in [0.3, 0.4) is 0 Å². The van der Waals surface area contributed by atoms with Gasteiger partial charge >= 0.3 is 5.97 Å². The maximum Gasteiger partial charge on any atom is 0.337 e. The predicted molar refractivity (Wildman–Crippen MR) is 34.1 cm³/mol. The van der Waals surface area contributed by atoms with Crippen LogP contribution in [-0.2, 0) is 9.53 Å². The summed E-state index contributed by atoms with van der Waals surface area (Å²) in [5, 5.41) is 26.1.